The van der Waals surface area contributed by atoms with E-state index in [1.54, 1.807) is 30.3 Å². The lowest BCUT2D eigenvalue weighted by atomic mass is 9.99. The van der Waals surface area contributed by atoms with E-state index in [1.807, 2.05) is 37.3 Å². The molecular formula is C23H18FNO3. The van der Waals surface area contributed by atoms with Gasteiger partial charge >= 0.3 is 0 Å². The van der Waals surface area contributed by atoms with Gasteiger partial charge < -0.3 is 14.4 Å². The van der Waals surface area contributed by atoms with Gasteiger partial charge in [-0.3, -0.25) is 0 Å². The van der Waals surface area contributed by atoms with E-state index >= 15 is 0 Å². The standard InChI is InChI=1S/C23H18FNO3/c1-15-22(16-7-3-2-4-8-16)23(28-25-15)19-12-11-18(13-21(19)26)27-14-17-9-5-6-10-20(17)24/h2-13,26H,14H2,1H3. The average molecular weight is 375 g/mol. The molecule has 0 aliphatic rings. The summed E-state index contributed by atoms with van der Waals surface area (Å²) < 4.78 is 24.8. The number of benzene rings is 3. The van der Waals surface area contributed by atoms with Gasteiger partial charge in [0.25, 0.3) is 0 Å². The molecule has 1 N–H and O–H groups in total. The minimum absolute atomic E-state index is 0.000588. The van der Waals surface area contributed by atoms with E-state index in [9.17, 15) is 9.50 Å². The van der Waals surface area contributed by atoms with Gasteiger partial charge in [0.05, 0.1) is 16.8 Å². The molecule has 0 fully saturated rings. The van der Waals surface area contributed by atoms with Gasteiger partial charge in [-0.05, 0) is 30.7 Å². The van der Waals surface area contributed by atoms with Crippen molar-refractivity contribution in [1.29, 1.82) is 0 Å². The lowest BCUT2D eigenvalue weighted by Crippen LogP contribution is -1.98. The quantitative estimate of drug-likeness (QED) is 0.483. The number of hydrogen-bond acceptors (Lipinski definition) is 4. The fourth-order valence-corrected chi connectivity index (χ4v) is 3.07. The normalized spacial score (nSPS) is 10.8. The van der Waals surface area contributed by atoms with Gasteiger partial charge in [-0.25, -0.2) is 4.39 Å². The monoisotopic (exact) mass is 375 g/mol. The van der Waals surface area contributed by atoms with Gasteiger partial charge in [-0.1, -0.05) is 53.7 Å². The fraction of sp³-hybridized carbons (Fsp3) is 0.0870. The Bertz CT molecular complexity index is 1110. The van der Waals surface area contributed by atoms with Crippen LogP contribution in [0.1, 0.15) is 11.3 Å². The summed E-state index contributed by atoms with van der Waals surface area (Å²) in [7, 11) is 0. The molecule has 0 amide bonds. The van der Waals surface area contributed by atoms with Crippen molar-refractivity contribution >= 4 is 0 Å². The average Bonchev–Trinajstić information content (AvgIpc) is 3.09. The summed E-state index contributed by atoms with van der Waals surface area (Å²) in [5.41, 5.74) is 3.48. The van der Waals surface area contributed by atoms with Crippen molar-refractivity contribution in [3.05, 3.63) is 89.9 Å². The number of ether oxygens (including phenoxy) is 1. The van der Waals surface area contributed by atoms with Crippen molar-refractivity contribution in [2.75, 3.05) is 0 Å². The third kappa shape index (κ3) is 3.47. The van der Waals surface area contributed by atoms with Crippen LogP contribution >= 0.6 is 0 Å². The first-order valence-electron chi connectivity index (χ1n) is 8.85. The summed E-state index contributed by atoms with van der Waals surface area (Å²) in [5.74, 6) is 0.594. The first-order chi connectivity index (χ1) is 13.6. The maximum atomic E-state index is 13.7. The molecule has 4 nitrogen and oxygen atoms in total. The number of nitrogens with zero attached hydrogens (tertiary/aromatic N) is 1. The minimum Gasteiger partial charge on any atom is -0.507 e. The molecule has 1 heterocycles. The van der Waals surface area contributed by atoms with Crippen molar-refractivity contribution in [1.82, 2.24) is 5.16 Å². The summed E-state index contributed by atoms with van der Waals surface area (Å²) in [6.45, 7) is 1.93. The van der Waals surface area contributed by atoms with Crippen LogP contribution in [0.15, 0.2) is 77.3 Å². The second-order valence-electron chi connectivity index (χ2n) is 6.40. The lowest BCUT2D eigenvalue weighted by Gasteiger charge is -2.10. The molecule has 0 atom stereocenters. The highest BCUT2D eigenvalue weighted by Gasteiger charge is 2.19. The molecule has 0 aliphatic carbocycles. The zero-order valence-corrected chi connectivity index (χ0v) is 15.2. The molecule has 140 valence electrons. The molecule has 0 spiro atoms. The molecule has 0 radical (unpaired) electrons. The Balaban J connectivity index is 1.62. The van der Waals surface area contributed by atoms with Crippen molar-refractivity contribution in [2.24, 2.45) is 0 Å². The van der Waals surface area contributed by atoms with E-state index in [0.717, 1.165) is 16.8 Å². The van der Waals surface area contributed by atoms with E-state index < -0.39 is 0 Å². The van der Waals surface area contributed by atoms with Gasteiger partial charge in [0.15, 0.2) is 5.76 Å². The van der Waals surface area contributed by atoms with Crippen molar-refractivity contribution < 1.29 is 18.8 Å². The molecule has 4 aromatic rings. The molecule has 1 aromatic heterocycles. The first kappa shape index (κ1) is 17.8. The lowest BCUT2D eigenvalue weighted by molar-refractivity contribution is 0.298. The van der Waals surface area contributed by atoms with Crippen LogP contribution in [0.5, 0.6) is 11.5 Å². The second kappa shape index (κ2) is 7.56. The smallest absolute Gasteiger partial charge is 0.178 e. The maximum absolute atomic E-state index is 13.7. The highest BCUT2D eigenvalue weighted by molar-refractivity contribution is 5.83. The number of phenolic OH excluding ortho intramolecular Hbond substituents is 1. The molecule has 0 saturated heterocycles. The number of phenols is 1. The fourth-order valence-electron chi connectivity index (χ4n) is 3.07. The minimum atomic E-state index is -0.326. The Labute approximate surface area is 161 Å². The predicted molar refractivity (Wildman–Crippen MR) is 105 cm³/mol. The molecule has 0 unspecified atom stereocenters. The Morgan fingerprint density at radius 3 is 2.50 bits per heavy atom. The van der Waals surface area contributed by atoms with E-state index in [4.69, 9.17) is 9.26 Å². The van der Waals surface area contributed by atoms with Crippen molar-refractivity contribution in [3.63, 3.8) is 0 Å². The largest absolute Gasteiger partial charge is 0.507 e. The molecule has 28 heavy (non-hydrogen) atoms. The molecule has 0 saturated carbocycles. The zero-order valence-electron chi connectivity index (χ0n) is 15.2. The molecule has 3 aromatic carbocycles. The maximum Gasteiger partial charge on any atom is 0.178 e. The number of aromatic nitrogens is 1. The van der Waals surface area contributed by atoms with Crippen LogP contribution in [0, 0.1) is 12.7 Å². The van der Waals surface area contributed by atoms with Crippen LogP contribution in [0.3, 0.4) is 0 Å². The summed E-state index contributed by atoms with van der Waals surface area (Å²) in [6.07, 6.45) is 0. The van der Waals surface area contributed by atoms with Gasteiger partial charge in [-0.15, -0.1) is 0 Å². The van der Waals surface area contributed by atoms with Crippen molar-refractivity contribution in [3.8, 4) is 33.9 Å². The molecule has 5 heteroatoms. The summed E-state index contributed by atoms with van der Waals surface area (Å²) in [6, 6.07) is 21.1. The van der Waals surface area contributed by atoms with Crippen LogP contribution in [0.2, 0.25) is 0 Å². The Morgan fingerprint density at radius 2 is 1.75 bits per heavy atom. The van der Waals surface area contributed by atoms with Gasteiger partial charge in [-0.2, -0.15) is 0 Å². The number of halogens is 1. The highest BCUT2D eigenvalue weighted by Crippen LogP contribution is 2.40. The van der Waals surface area contributed by atoms with Gasteiger partial charge in [0.1, 0.15) is 23.9 Å². The Hall–Kier alpha value is -3.60. The Morgan fingerprint density at radius 1 is 1.00 bits per heavy atom. The number of aromatic hydroxyl groups is 1. The summed E-state index contributed by atoms with van der Waals surface area (Å²) >= 11 is 0. The number of hydrogen-bond donors (Lipinski definition) is 1. The number of aryl methyl sites for hydroxylation is 1. The van der Waals surface area contributed by atoms with Crippen LogP contribution in [-0.4, -0.2) is 10.3 Å². The SMILES string of the molecule is Cc1noc(-c2ccc(OCc3ccccc3F)cc2O)c1-c1ccccc1. The van der Waals surface area contributed by atoms with Crippen molar-refractivity contribution in [2.45, 2.75) is 13.5 Å². The molecular weight excluding hydrogens is 357 g/mol. The van der Waals surface area contributed by atoms with Crippen LogP contribution < -0.4 is 4.74 Å². The summed E-state index contributed by atoms with van der Waals surface area (Å²) in [5, 5.41) is 14.6. The third-order valence-electron chi connectivity index (χ3n) is 4.49. The molecule has 4 rings (SSSR count). The highest BCUT2D eigenvalue weighted by atomic mass is 19.1. The zero-order chi connectivity index (χ0) is 19.5. The van der Waals surface area contributed by atoms with Crippen LogP contribution in [0.25, 0.3) is 22.5 Å². The second-order valence-corrected chi connectivity index (χ2v) is 6.40. The predicted octanol–water partition coefficient (Wildman–Crippen LogP) is 5.74. The topological polar surface area (TPSA) is 55.5 Å². The van der Waals surface area contributed by atoms with Gasteiger partial charge in [0.2, 0.25) is 0 Å². The Kier molecular flexibility index (Phi) is 4.81. The van der Waals surface area contributed by atoms with Crippen LogP contribution in [-0.2, 0) is 6.61 Å². The summed E-state index contributed by atoms with van der Waals surface area (Å²) in [4.78, 5) is 0. The van der Waals surface area contributed by atoms with E-state index in [1.165, 1.54) is 12.1 Å². The third-order valence-corrected chi connectivity index (χ3v) is 4.49. The first-order valence-corrected chi connectivity index (χ1v) is 8.85. The van der Waals surface area contributed by atoms with E-state index in [2.05, 4.69) is 5.16 Å². The number of rotatable bonds is 5. The molecule has 0 aliphatic heterocycles. The van der Waals surface area contributed by atoms with E-state index in [-0.39, 0.29) is 18.2 Å². The van der Waals surface area contributed by atoms with Gasteiger partial charge in [0, 0.05) is 11.6 Å². The molecule has 0 bridgehead atoms. The van der Waals surface area contributed by atoms with E-state index in [0.29, 0.717) is 22.6 Å². The van der Waals surface area contributed by atoms with Crippen LogP contribution in [0.4, 0.5) is 4.39 Å².